The van der Waals surface area contributed by atoms with E-state index in [4.69, 9.17) is 0 Å². The topological polar surface area (TPSA) is 0 Å². The molecular formula is C8H6F3IS. The Morgan fingerprint density at radius 2 is 1.85 bits per heavy atom. The van der Waals surface area contributed by atoms with Crippen LogP contribution in [-0.4, -0.2) is 5.51 Å². The van der Waals surface area contributed by atoms with Crippen molar-refractivity contribution in [3.05, 3.63) is 33.4 Å². The van der Waals surface area contributed by atoms with E-state index in [-0.39, 0.29) is 17.5 Å². The molecule has 1 aromatic carbocycles. The van der Waals surface area contributed by atoms with E-state index in [9.17, 15) is 13.2 Å². The summed E-state index contributed by atoms with van der Waals surface area (Å²) in [6.07, 6.45) is 0. The molecule has 72 valence electrons. The maximum absolute atomic E-state index is 11.8. The van der Waals surface area contributed by atoms with E-state index < -0.39 is 5.51 Å². The van der Waals surface area contributed by atoms with E-state index in [1.165, 1.54) is 0 Å². The van der Waals surface area contributed by atoms with E-state index in [1.54, 1.807) is 18.2 Å². The first-order chi connectivity index (χ1) is 5.99. The minimum absolute atomic E-state index is 0.00397. The number of thioether (sulfide) groups is 1. The lowest BCUT2D eigenvalue weighted by Gasteiger charge is -2.06. The van der Waals surface area contributed by atoms with Gasteiger partial charge in [-0.25, -0.2) is 0 Å². The molecule has 0 saturated heterocycles. The zero-order chi connectivity index (χ0) is 9.90. The lowest BCUT2D eigenvalue weighted by molar-refractivity contribution is -0.0329. The summed E-state index contributed by atoms with van der Waals surface area (Å²) in [4.78, 5) is 0. The molecule has 0 aliphatic carbocycles. The van der Waals surface area contributed by atoms with Crippen LogP contribution >= 0.6 is 34.4 Å². The number of halogens is 4. The SMILES string of the molecule is FC(F)(F)SCc1ccccc1I. The Morgan fingerprint density at radius 1 is 1.23 bits per heavy atom. The highest BCUT2D eigenvalue weighted by molar-refractivity contribution is 14.1. The lowest BCUT2D eigenvalue weighted by atomic mass is 10.2. The average molecular weight is 318 g/mol. The normalized spacial score (nSPS) is 11.7. The minimum atomic E-state index is -4.14. The van der Waals surface area contributed by atoms with Gasteiger partial charge in [0.2, 0.25) is 0 Å². The minimum Gasteiger partial charge on any atom is -0.160 e. The van der Waals surface area contributed by atoms with Crippen LogP contribution in [0.3, 0.4) is 0 Å². The highest BCUT2D eigenvalue weighted by Gasteiger charge is 2.27. The molecule has 0 amide bonds. The molecule has 0 aromatic heterocycles. The summed E-state index contributed by atoms with van der Waals surface area (Å²) < 4.78 is 36.4. The van der Waals surface area contributed by atoms with Gasteiger partial charge in [0.05, 0.1) is 0 Å². The fraction of sp³-hybridized carbons (Fsp3) is 0.250. The van der Waals surface area contributed by atoms with Crippen LogP contribution in [0.4, 0.5) is 13.2 Å². The Morgan fingerprint density at radius 3 is 2.38 bits per heavy atom. The second-order valence-corrected chi connectivity index (χ2v) is 4.53. The number of alkyl halides is 3. The van der Waals surface area contributed by atoms with E-state index in [2.05, 4.69) is 0 Å². The summed E-state index contributed by atoms with van der Waals surface area (Å²) in [5.74, 6) is -0.0113. The first-order valence-corrected chi connectivity index (χ1v) is 5.49. The standard InChI is InChI=1S/C8H6F3IS/c9-8(10,11)13-5-6-3-1-2-4-7(6)12/h1-4H,5H2. The van der Waals surface area contributed by atoms with Crippen LogP contribution < -0.4 is 0 Å². The molecule has 0 fully saturated rings. The summed E-state index contributed by atoms with van der Waals surface area (Å²) in [7, 11) is 0. The number of hydrogen-bond donors (Lipinski definition) is 0. The Kier molecular flexibility index (Phi) is 3.90. The van der Waals surface area contributed by atoms with Crippen molar-refractivity contribution in [2.75, 3.05) is 0 Å². The Balaban J connectivity index is 2.60. The molecule has 0 unspecified atom stereocenters. The largest absolute Gasteiger partial charge is 0.442 e. The summed E-state index contributed by atoms with van der Waals surface area (Å²) >= 11 is 2.03. The van der Waals surface area contributed by atoms with Crippen LogP contribution in [0.2, 0.25) is 0 Å². The van der Waals surface area contributed by atoms with Crippen LogP contribution in [0.5, 0.6) is 0 Å². The molecule has 0 aliphatic rings. The van der Waals surface area contributed by atoms with Crippen LogP contribution in [-0.2, 0) is 5.75 Å². The summed E-state index contributed by atoms with van der Waals surface area (Å²) in [6.45, 7) is 0. The molecule has 13 heavy (non-hydrogen) atoms. The average Bonchev–Trinajstić information content (AvgIpc) is 2.01. The highest BCUT2D eigenvalue weighted by Crippen LogP contribution is 2.33. The second-order valence-electron chi connectivity index (χ2n) is 2.33. The van der Waals surface area contributed by atoms with Gasteiger partial charge in [0.15, 0.2) is 0 Å². The first-order valence-electron chi connectivity index (χ1n) is 3.43. The second kappa shape index (κ2) is 4.54. The Hall–Kier alpha value is 0.0900. The van der Waals surface area contributed by atoms with Gasteiger partial charge >= 0.3 is 5.51 Å². The quantitative estimate of drug-likeness (QED) is 0.742. The summed E-state index contributed by atoms with van der Waals surface area (Å²) in [6, 6.07) is 7.06. The van der Waals surface area contributed by atoms with Crippen molar-refractivity contribution < 1.29 is 13.2 Å². The highest BCUT2D eigenvalue weighted by atomic mass is 127. The molecule has 1 aromatic rings. The molecule has 0 saturated carbocycles. The third-order valence-electron chi connectivity index (χ3n) is 1.35. The zero-order valence-electron chi connectivity index (χ0n) is 6.44. The third-order valence-corrected chi connectivity index (χ3v) is 3.18. The predicted molar refractivity (Wildman–Crippen MR) is 56.5 cm³/mol. The Labute approximate surface area is 92.0 Å². The molecule has 0 nitrogen and oxygen atoms in total. The number of hydrogen-bond acceptors (Lipinski definition) is 1. The fourth-order valence-corrected chi connectivity index (χ4v) is 2.18. The Bertz CT molecular complexity index is 285. The van der Waals surface area contributed by atoms with Gasteiger partial charge in [-0.05, 0) is 46.0 Å². The van der Waals surface area contributed by atoms with Crippen molar-refractivity contribution in [3.8, 4) is 0 Å². The number of benzene rings is 1. The van der Waals surface area contributed by atoms with Crippen molar-refractivity contribution in [3.63, 3.8) is 0 Å². The van der Waals surface area contributed by atoms with Crippen LogP contribution in [0.25, 0.3) is 0 Å². The first kappa shape index (κ1) is 11.2. The van der Waals surface area contributed by atoms with Crippen molar-refractivity contribution in [2.45, 2.75) is 11.3 Å². The van der Waals surface area contributed by atoms with Crippen molar-refractivity contribution >= 4 is 34.4 Å². The molecule has 0 spiro atoms. The van der Waals surface area contributed by atoms with Crippen molar-refractivity contribution in [1.29, 1.82) is 0 Å². The number of rotatable bonds is 2. The van der Waals surface area contributed by atoms with Gasteiger partial charge in [-0.1, -0.05) is 18.2 Å². The van der Waals surface area contributed by atoms with Crippen molar-refractivity contribution in [1.82, 2.24) is 0 Å². The molecular weight excluding hydrogens is 312 g/mol. The summed E-state index contributed by atoms with van der Waals surface area (Å²) in [5, 5.41) is 0. The van der Waals surface area contributed by atoms with E-state index >= 15 is 0 Å². The smallest absolute Gasteiger partial charge is 0.160 e. The molecule has 5 heteroatoms. The van der Waals surface area contributed by atoms with E-state index in [1.807, 2.05) is 28.7 Å². The lowest BCUT2D eigenvalue weighted by Crippen LogP contribution is -2.00. The monoisotopic (exact) mass is 318 g/mol. The van der Waals surface area contributed by atoms with Gasteiger partial charge in [0.1, 0.15) is 0 Å². The molecule has 1 rings (SSSR count). The van der Waals surface area contributed by atoms with Crippen LogP contribution in [0.1, 0.15) is 5.56 Å². The molecule has 0 bridgehead atoms. The third kappa shape index (κ3) is 4.21. The van der Waals surface area contributed by atoms with Gasteiger partial charge in [-0.15, -0.1) is 0 Å². The van der Waals surface area contributed by atoms with Gasteiger partial charge in [-0.2, -0.15) is 13.2 Å². The van der Waals surface area contributed by atoms with Crippen LogP contribution in [0.15, 0.2) is 24.3 Å². The van der Waals surface area contributed by atoms with Gasteiger partial charge in [0.25, 0.3) is 0 Å². The van der Waals surface area contributed by atoms with Gasteiger partial charge in [-0.3, -0.25) is 0 Å². The van der Waals surface area contributed by atoms with E-state index in [0.29, 0.717) is 0 Å². The fourth-order valence-electron chi connectivity index (χ4n) is 0.775. The van der Waals surface area contributed by atoms with E-state index in [0.717, 1.165) is 9.13 Å². The maximum Gasteiger partial charge on any atom is 0.442 e. The van der Waals surface area contributed by atoms with Gasteiger partial charge in [0, 0.05) is 9.32 Å². The summed E-state index contributed by atoms with van der Waals surface area (Å²) in [5.41, 5.74) is -3.41. The zero-order valence-corrected chi connectivity index (χ0v) is 9.41. The molecule has 0 aliphatic heterocycles. The predicted octanol–water partition coefficient (Wildman–Crippen LogP) is 4.04. The molecule has 0 atom stereocenters. The molecule has 0 radical (unpaired) electrons. The maximum atomic E-state index is 11.8. The molecule has 0 heterocycles. The molecule has 0 N–H and O–H groups in total. The van der Waals surface area contributed by atoms with Crippen molar-refractivity contribution in [2.24, 2.45) is 0 Å². The van der Waals surface area contributed by atoms with Gasteiger partial charge < -0.3 is 0 Å². The van der Waals surface area contributed by atoms with Crippen LogP contribution in [0, 0.1) is 3.57 Å².